The zero-order valence-corrected chi connectivity index (χ0v) is 15.5. The van der Waals surface area contributed by atoms with E-state index in [-0.39, 0.29) is 5.91 Å². The lowest BCUT2D eigenvalue weighted by Gasteiger charge is -2.05. The summed E-state index contributed by atoms with van der Waals surface area (Å²) in [5, 5.41) is 7.36. The van der Waals surface area contributed by atoms with E-state index in [9.17, 15) is 4.79 Å². The van der Waals surface area contributed by atoms with Crippen LogP contribution >= 0.6 is 11.8 Å². The Kier molecular flexibility index (Phi) is 6.90. The molecule has 0 bridgehead atoms. The van der Waals surface area contributed by atoms with Crippen molar-refractivity contribution >= 4 is 17.7 Å². The van der Waals surface area contributed by atoms with Gasteiger partial charge in [-0.2, -0.15) is 5.10 Å². The molecule has 0 spiro atoms. The Labute approximate surface area is 158 Å². The number of para-hydroxylation sites is 1. The summed E-state index contributed by atoms with van der Waals surface area (Å²) >= 11 is 1.82. The van der Waals surface area contributed by atoms with Crippen LogP contribution in [0.1, 0.15) is 18.4 Å². The van der Waals surface area contributed by atoms with Gasteiger partial charge in [-0.25, -0.2) is 4.68 Å². The van der Waals surface area contributed by atoms with Crippen molar-refractivity contribution in [3.63, 3.8) is 0 Å². The minimum atomic E-state index is 0.0992. The van der Waals surface area contributed by atoms with Crippen molar-refractivity contribution in [1.82, 2.24) is 15.1 Å². The number of carbonyl (C=O) groups is 1. The van der Waals surface area contributed by atoms with Gasteiger partial charge in [-0.05, 0) is 48.4 Å². The lowest BCUT2D eigenvalue weighted by Crippen LogP contribution is -2.24. The van der Waals surface area contributed by atoms with Gasteiger partial charge < -0.3 is 5.32 Å². The number of thioether (sulfide) groups is 1. The Morgan fingerprint density at radius 3 is 2.54 bits per heavy atom. The number of carbonyl (C=O) groups excluding carboxylic acids is 1. The second-order valence-corrected chi connectivity index (χ2v) is 7.16. The summed E-state index contributed by atoms with van der Waals surface area (Å²) in [6.45, 7) is 0.724. The number of benzene rings is 2. The second kappa shape index (κ2) is 9.82. The third-order valence-electron chi connectivity index (χ3n) is 3.95. The van der Waals surface area contributed by atoms with Crippen LogP contribution in [0.25, 0.3) is 5.69 Å². The Hall–Kier alpha value is -2.53. The third kappa shape index (κ3) is 5.77. The average Bonchev–Trinajstić information content (AvgIpc) is 3.17. The van der Waals surface area contributed by atoms with Gasteiger partial charge in [-0.1, -0.05) is 36.4 Å². The topological polar surface area (TPSA) is 46.9 Å². The maximum atomic E-state index is 12.0. The molecule has 0 aliphatic heterocycles. The summed E-state index contributed by atoms with van der Waals surface area (Å²) in [6, 6.07) is 20.3. The predicted molar refractivity (Wildman–Crippen MR) is 107 cm³/mol. The summed E-state index contributed by atoms with van der Waals surface area (Å²) < 4.78 is 1.84. The fraction of sp³-hybridized carbons (Fsp3) is 0.238. The molecule has 0 aliphatic rings. The molecule has 1 N–H and O–H groups in total. The molecular weight excluding hydrogens is 342 g/mol. The number of rotatable bonds is 9. The van der Waals surface area contributed by atoms with Crippen LogP contribution in [0.5, 0.6) is 0 Å². The molecule has 26 heavy (non-hydrogen) atoms. The Balaban J connectivity index is 1.32. The summed E-state index contributed by atoms with van der Waals surface area (Å²) in [7, 11) is 0. The molecule has 0 atom stereocenters. The number of hydrogen-bond acceptors (Lipinski definition) is 3. The fourth-order valence-corrected chi connectivity index (χ4v) is 3.44. The molecule has 0 aliphatic carbocycles. The summed E-state index contributed by atoms with van der Waals surface area (Å²) in [5.41, 5.74) is 2.10. The van der Waals surface area contributed by atoms with Crippen LogP contribution in [-0.4, -0.2) is 28.0 Å². The number of nitrogens with zero attached hydrogens (tertiary/aromatic N) is 2. The van der Waals surface area contributed by atoms with E-state index in [4.69, 9.17) is 0 Å². The first kappa shape index (κ1) is 18.3. The van der Waals surface area contributed by atoms with Gasteiger partial charge in [0.05, 0.1) is 11.9 Å². The number of aryl methyl sites for hydroxylation is 1. The van der Waals surface area contributed by atoms with Gasteiger partial charge in [-0.3, -0.25) is 4.79 Å². The fourth-order valence-electron chi connectivity index (χ4n) is 2.56. The Morgan fingerprint density at radius 2 is 1.77 bits per heavy atom. The molecule has 2 aromatic carbocycles. The lowest BCUT2D eigenvalue weighted by atomic mass is 10.2. The number of amides is 1. The van der Waals surface area contributed by atoms with Gasteiger partial charge in [-0.15, -0.1) is 11.8 Å². The van der Waals surface area contributed by atoms with Gasteiger partial charge in [0, 0.05) is 24.1 Å². The first-order valence-electron chi connectivity index (χ1n) is 8.85. The van der Waals surface area contributed by atoms with Gasteiger partial charge >= 0.3 is 0 Å². The smallest absolute Gasteiger partial charge is 0.220 e. The third-order valence-corrected chi connectivity index (χ3v) is 5.05. The number of nitrogens with one attached hydrogen (secondary N) is 1. The largest absolute Gasteiger partial charge is 0.356 e. The molecular formula is C21H23N3OS. The van der Waals surface area contributed by atoms with Gasteiger partial charge in [0.2, 0.25) is 5.91 Å². The molecule has 1 aromatic heterocycles. The van der Waals surface area contributed by atoms with Crippen LogP contribution in [0.3, 0.4) is 0 Å². The molecule has 0 saturated heterocycles. The molecule has 3 rings (SSSR count). The monoisotopic (exact) mass is 365 g/mol. The first-order valence-corrected chi connectivity index (χ1v) is 9.83. The van der Waals surface area contributed by atoms with Crippen molar-refractivity contribution in [3.8, 4) is 5.69 Å². The van der Waals surface area contributed by atoms with Gasteiger partial charge in [0.1, 0.15) is 0 Å². The summed E-state index contributed by atoms with van der Waals surface area (Å²) in [6.07, 6.45) is 5.98. The minimum absolute atomic E-state index is 0.0992. The predicted octanol–water partition coefficient (Wildman–Crippen LogP) is 4.10. The second-order valence-electron chi connectivity index (χ2n) is 5.99. The molecule has 1 heterocycles. The molecule has 134 valence electrons. The maximum absolute atomic E-state index is 12.0. The van der Waals surface area contributed by atoms with Crippen molar-refractivity contribution < 1.29 is 4.79 Å². The molecule has 1 amide bonds. The molecule has 0 saturated carbocycles. The zero-order valence-electron chi connectivity index (χ0n) is 14.7. The van der Waals surface area contributed by atoms with Crippen LogP contribution in [0, 0.1) is 0 Å². The number of aromatic nitrogens is 2. The van der Waals surface area contributed by atoms with Crippen LogP contribution in [-0.2, 0) is 11.2 Å². The normalized spacial score (nSPS) is 10.6. The summed E-state index contributed by atoms with van der Waals surface area (Å²) in [5.74, 6) is 1.11. The van der Waals surface area contributed by atoms with Crippen molar-refractivity contribution in [2.24, 2.45) is 0 Å². The van der Waals surface area contributed by atoms with Gasteiger partial charge in [0.25, 0.3) is 0 Å². The van der Waals surface area contributed by atoms with Crippen molar-refractivity contribution in [2.75, 3.05) is 12.3 Å². The SMILES string of the molecule is O=C(CCc1cnn(-c2ccccc2)c1)NCCCSc1ccccc1. The van der Waals surface area contributed by atoms with Crippen molar-refractivity contribution in [3.05, 3.63) is 78.6 Å². The quantitative estimate of drug-likeness (QED) is 0.459. The van der Waals surface area contributed by atoms with E-state index in [2.05, 4.69) is 22.5 Å². The average molecular weight is 366 g/mol. The highest BCUT2D eigenvalue weighted by Gasteiger charge is 2.05. The highest BCUT2D eigenvalue weighted by atomic mass is 32.2. The van der Waals surface area contributed by atoms with E-state index in [0.717, 1.165) is 30.0 Å². The van der Waals surface area contributed by atoms with Crippen LogP contribution in [0.2, 0.25) is 0 Å². The molecule has 4 nitrogen and oxygen atoms in total. The highest BCUT2D eigenvalue weighted by molar-refractivity contribution is 7.99. The Bertz CT molecular complexity index is 802. The van der Waals surface area contributed by atoms with E-state index in [1.807, 2.05) is 77.4 Å². The maximum Gasteiger partial charge on any atom is 0.220 e. The highest BCUT2D eigenvalue weighted by Crippen LogP contribution is 2.17. The minimum Gasteiger partial charge on any atom is -0.356 e. The molecule has 0 fully saturated rings. The molecule has 3 aromatic rings. The van der Waals surface area contributed by atoms with Crippen LogP contribution in [0.4, 0.5) is 0 Å². The van der Waals surface area contributed by atoms with E-state index in [0.29, 0.717) is 12.8 Å². The molecule has 0 radical (unpaired) electrons. The van der Waals surface area contributed by atoms with E-state index >= 15 is 0 Å². The van der Waals surface area contributed by atoms with Crippen molar-refractivity contribution in [1.29, 1.82) is 0 Å². The summed E-state index contributed by atoms with van der Waals surface area (Å²) in [4.78, 5) is 13.3. The number of hydrogen-bond donors (Lipinski definition) is 1. The Morgan fingerprint density at radius 1 is 1.04 bits per heavy atom. The van der Waals surface area contributed by atoms with Crippen molar-refractivity contribution in [2.45, 2.75) is 24.2 Å². The van der Waals surface area contributed by atoms with E-state index in [1.54, 1.807) is 0 Å². The van der Waals surface area contributed by atoms with Crippen LogP contribution < -0.4 is 5.32 Å². The van der Waals surface area contributed by atoms with E-state index < -0.39 is 0 Å². The van der Waals surface area contributed by atoms with Crippen LogP contribution in [0.15, 0.2) is 78.0 Å². The first-order chi connectivity index (χ1) is 12.8. The van der Waals surface area contributed by atoms with E-state index in [1.165, 1.54) is 4.90 Å². The standard InChI is InChI=1S/C21H23N3OS/c25-21(22-14-7-15-26-20-10-5-2-6-11-20)13-12-18-16-23-24(17-18)19-8-3-1-4-9-19/h1-6,8-11,16-17H,7,12-15H2,(H,22,25). The molecule has 5 heteroatoms. The molecule has 0 unspecified atom stereocenters. The van der Waals surface area contributed by atoms with Gasteiger partial charge in [0.15, 0.2) is 0 Å². The lowest BCUT2D eigenvalue weighted by molar-refractivity contribution is -0.121. The zero-order chi connectivity index (χ0) is 18.0.